The standard InChI is InChI=1S/C10H16BrN3/c1-8(2)14(5-4-11)10-6-9(3)7-12-13-10/h6-8H,4-5H2,1-3H3. The molecule has 1 aromatic heterocycles. The fourth-order valence-electron chi connectivity index (χ4n) is 1.32. The highest BCUT2D eigenvalue weighted by atomic mass is 79.9. The van der Waals surface area contributed by atoms with Gasteiger partial charge in [0.05, 0.1) is 6.20 Å². The summed E-state index contributed by atoms with van der Waals surface area (Å²) in [5, 5.41) is 9.04. The molecule has 0 N–H and O–H groups in total. The summed E-state index contributed by atoms with van der Waals surface area (Å²) < 4.78 is 0. The second-order valence-corrected chi connectivity index (χ2v) is 4.36. The van der Waals surface area contributed by atoms with Crippen molar-refractivity contribution in [3.05, 3.63) is 17.8 Å². The molecule has 1 aromatic rings. The second kappa shape index (κ2) is 5.29. The average molecular weight is 258 g/mol. The van der Waals surface area contributed by atoms with Gasteiger partial charge in [0.15, 0.2) is 5.82 Å². The third-order valence-corrected chi connectivity index (χ3v) is 2.38. The molecular formula is C10H16BrN3. The SMILES string of the molecule is Cc1cnnc(N(CCBr)C(C)C)c1. The second-order valence-electron chi connectivity index (χ2n) is 3.57. The Labute approximate surface area is 93.7 Å². The number of hydrogen-bond acceptors (Lipinski definition) is 3. The van der Waals surface area contributed by atoms with Gasteiger partial charge in [-0.15, -0.1) is 5.10 Å². The van der Waals surface area contributed by atoms with Gasteiger partial charge in [0.25, 0.3) is 0 Å². The van der Waals surface area contributed by atoms with Crippen molar-refractivity contribution in [1.82, 2.24) is 10.2 Å². The molecule has 78 valence electrons. The maximum Gasteiger partial charge on any atom is 0.151 e. The van der Waals surface area contributed by atoms with Crippen molar-refractivity contribution in [3.8, 4) is 0 Å². The molecular weight excluding hydrogens is 242 g/mol. The van der Waals surface area contributed by atoms with E-state index in [9.17, 15) is 0 Å². The van der Waals surface area contributed by atoms with E-state index in [1.165, 1.54) is 0 Å². The summed E-state index contributed by atoms with van der Waals surface area (Å²) in [6.45, 7) is 7.31. The van der Waals surface area contributed by atoms with Crippen LogP contribution in [-0.2, 0) is 0 Å². The third-order valence-electron chi connectivity index (χ3n) is 2.02. The van der Waals surface area contributed by atoms with Crippen LogP contribution < -0.4 is 4.90 Å². The number of alkyl halides is 1. The van der Waals surface area contributed by atoms with Crippen molar-refractivity contribution in [2.45, 2.75) is 26.8 Å². The zero-order valence-corrected chi connectivity index (χ0v) is 10.5. The zero-order chi connectivity index (χ0) is 10.6. The van der Waals surface area contributed by atoms with Gasteiger partial charge in [0, 0.05) is 17.9 Å². The Bertz CT molecular complexity index is 288. The molecule has 0 amide bonds. The van der Waals surface area contributed by atoms with Crippen LogP contribution in [0.25, 0.3) is 0 Å². The first-order chi connectivity index (χ1) is 6.65. The molecule has 0 saturated heterocycles. The number of aromatic nitrogens is 2. The topological polar surface area (TPSA) is 29.0 Å². The molecule has 0 bridgehead atoms. The summed E-state index contributed by atoms with van der Waals surface area (Å²) in [7, 11) is 0. The van der Waals surface area contributed by atoms with E-state index in [1.807, 2.05) is 6.92 Å². The minimum Gasteiger partial charge on any atom is -0.352 e. The molecule has 0 saturated carbocycles. The largest absolute Gasteiger partial charge is 0.352 e. The first-order valence-corrected chi connectivity index (χ1v) is 5.89. The van der Waals surface area contributed by atoms with E-state index >= 15 is 0 Å². The van der Waals surface area contributed by atoms with Crippen molar-refractivity contribution in [3.63, 3.8) is 0 Å². The van der Waals surface area contributed by atoms with Crippen LogP contribution in [-0.4, -0.2) is 28.1 Å². The van der Waals surface area contributed by atoms with Crippen LogP contribution in [0.4, 0.5) is 5.82 Å². The number of rotatable bonds is 4. The van der Waals surface area contributed by atoms with Crippen molar-refractivity contribution < 1.29 is 0 Å². The zero-order valence-electron chi connectivity index (χ0n) is 8.87. The molecule has 3 nitrogen and oxygen atoms in total. The summed E-state index contributed by atoms with van der Waals surface area (Å²) in [5.41, 5.74) is 1.15. The lowest BCUT2D eigenvalue weighted by atomic mass is 10.3. The molecule has 0 fully saturated rings. The minimum atomic E-state index is 0.448. The maximum atomic E-state index is 4.13. The number of anilines is 1. The molecule has 1 rings (SSSR count). The fourth-order valence-corrected chi connectivity index (χ4v) is 1.70. The minimum absolute atomic E-state index is 0.448. The van der Waals surface area contributed by atoms with E-state index in [-0.39, 0.29) is 0 Å². The summed E-state index contributed by atoms with van der Waals surface area (Å²) in [4.78, 5) is 2.23. The molecule has 0 aliphatic carbocycles. The normalized spacial score (nSPS) is 10.6. The Morgan fingerprint density at radius 2 is 2.21 bits per heavy atom. The number of hydrogen-bond donors (Lipinski definition) is 0. The Balaban J connectivity index is 2.87. The van der Waals surface area contributed by atoms with Crippen LogP contribution in [0, 0.1) is 6.92 Å². The Hall–Kier alpha value is -0.640. The lowest BCUT2D eigenvalue weighted by molar-refractivity contribution is 0.689. The van der Waals surface area contributed by atoms with Crippen molar-refractivity contribution in [2.75, 3.05) is 16.8 Å². The summed E-state index contributed by atoms with van der Waals surface area (Å²) in [6, 6.07) is 2.51. The van der Waals surface area contributed by atoms with E-state index in [4.69, 9.17) is 0 Å². The molecule has 0 spiro atoms. The van der Waals surface area contributed by atoms with Crippen LogP contribution in [0.1, 0.15) is 19.4 Å². The number of nitrogens with zero attached hydrogens (tertiary/aromatic N) is 3. The molecule has 0 radical (unpaired) electrons. The van der Waals surface area contributed by atoms with Crippen LogP contribution >= 0.6 is 15.9 Å². The van der Waals surface area contributed by atoms with Gasteiger partial charge in [-0.1, -0.05) is 15.9 Å². The van der Waals surface area contributed by atoms with Crippen molar-refractivity contribution in [1.29, 1.82) is 0 Å². The van der Waals surface area contributed by atoms with E-state index in [0.29, 0.717) is 6.04 Å². The first kappa shape index (κ1) is 11.4. The van der Waals surface area contributed by atoms with Gasteiger partial charge in [-0.25, -0.2) is 0 Å². The highest BCUT2D eigenvalue weighted by molar-refractivity contribution is 9.09. The quantitative estimate of drug-likeness (QED) is 0.776. The van der Waals surface area contributed by atoms with Gasteiger partial charge >= 0.3 is 0 Å². The van der Waals surface area contributed by atoms with Gasteiger partial charge in [0.1, 0.15) is 0 Å². The lowest BCUT2D eigenvalue weighted by Crippen LogP contribution is -2.33. The van der Waals surface area contributed by atoms with Crippen LogP contribution in [0.2, 0.25) is 0 Å². The molecule has 0 aliphatic rings. The van der Waals surface area contributed by atoms with Gasteiger partial charge in [-0.3, -0.25) is 0 Å². The van der Waals surface area contributed by atoms with E-state index in [0.717, 1.165) is 23.3 Å². The summed E-state index contributed by atoms with van der Waals surface area (Å²) in [5.74, 6) is 0.958. The van der Waals surface area contributed by atoms with Gasteiger partial charge in [-0.05, 0) is 32.4 Å². The van der Waals surface area contributed by atoms with Crippen LogP contribution in [0.15, 0.2) is 12.3 Å². The summed E-state index contributed by atoms with van der Waals surface area (Å²) in [6.07, 6.45) is 1.77. The molecule has 1 heterocycles. The Morgan fingerprint density at radius 1 is 1.50 bits per heavy atom. The molecule has 0 aliphatic heterocycles. The smallest absolute Gasteiger partial charge is 0.151 e. The van der Waals surface area contributed by atoms with E-state index in [1.54, 1.807) is 6.20 Å². The molecule has 0 unspecified atom stereocenters. The van der Waals surface area contributed by atoms with E-state index in [2.05, 4.69) is 50.9 Å². The van der Waals surface area contributed by atoms with Gasteiger partial charge < -0.3 is 4.90 Å². The number of halogens is 1. The highest BCUT2D eigenvalue weighted by Crippen LogP contribution is 2.14. The lowest BCUT2D eigenvalue weighted by Gasteiger charge is -2.26. The third kappa shape index (κ3) is 2.94. The monoisotopic (exact) mass is 257 g/mol. The molecule has 0 atom stereocenters. The van der Waals surface area contributed by atoms with Crippen LogP contribution in [0.3, 0.4) is 0 Å². The first-order valence-electron chi connectivity index (χ1n) is 4.77. The predicted octanol–water partition coefficient (Wildman–Crippen LogP) is 2.39. The molecule has 14 heavy (non-hydrogen) atoms. The van der Waals surface area contributed by atoms with Gasteiger partial charge in [0.2, 0.25) is 0 Å². The van der Waals surface area contributed by atoms with Crippen molar-refractivity contribution >= 4 is 21.7 Å². The van der Waals surface area contributed by atoms with Gasteiger partial charge in [-0.2, -0.15) is 5.10 Å². The molecule has 0 aromatic carbocycles. The van der Waals surface area contributed by atoms with Crippen molar-refractivity contribution in [2.24, 2.45) is 0 Å². The fraction of sp³-hybridized carbons (Fsp3) is 0.600. The summed E-state index contributed by atoms with van der Waals surface area (Å²) >= 11 is 3.44. The Kier molecular flexibility index (Phi) is 4.32. The average Bonchev–Trinajstić information content (AvgIpc) is 2.13. The molecule has 4 heteroatoms. The van der Waals surface area contributed by atoms with E-state index < -0.39 is 0 Å². The predicted molar refractivity (Wildman–Crippen MR) is 63.0 cm³/mol. The van der Waals surface area contributed by atoms with Crippen LogP contribution in [0.5, 0.6) is 0 Å². The highest BCUT2D eigenvalue weighted by Gasteiger charge is 2.11. The number of aryl methyl sites for hydroxylation is 1. The maximum absolute atomic E-state index is 4.13. The Morgan fingerprint density at radius 3 is 2.71 bits per heavy atom.